The minimum atomic E-state index is -0.119. The fourth-order valence-corrected chi connectivity index (χ4v) is 0.538. The molecule has 0 heterocycles. The third kappa shape index (κ3) is 4.73. The van der Waals surface area contributed by atoms with Gasteiger partial charge < -0.3 is 9.84 Å². The van der Waals surface area contributed by atoms with Gasteiger partial charge in [-0.05, 0) is 20.3 Å². The zero-order valence-electron chi connectivity index (χ0n) is 8.98. The van der Waals surface area contributed by atoms with E-state index in [1.807, 2.05) is 13.8 Å². The maximum atomic E-state index is 8.98. The van der Waals surface area contributed by atoms with E-state index in [0.29, 0.717) is 6.61 Å². The van der Waals surface area contributed by atoms with Crippen molar-refractivity contribution in [1.29, 1.82) is 0 Å². The van der Waals surface area contributed by atoms with E-state index in [1.54, 1.807) is 0 Å². The Bertz CT molecular complexity index is 112. The summed E-state index contributed by atoms with van der Waals surface area (Å²) in [6.45, 7) is 11.0. The molecule has 0 saturated heterocycles. The van der Waals surface area contributed by atoms with E-state index in [0.717, 1.165) is 6.42 Å². The monoisotopic (exact) mass is 174 g/mol. The number of hydrogen-bond acceptors (Lipinski definition) is 2. The molecule has 0 aliphatic carbocycles. The zero-order chi connectivity index (χ0) is 9.83. The Labute approximate surface area is 75.9 Å². The van der Waals surface area contributed by atoms with Gasteiger partial charge in [0.1, 0.15) is 0 Å². The van der Waals surface area contributed by atoms with Gasteiger partial charge in [-0.15, -0.1) is 0 Å². The summed E-state index contributed by atoms with van der Waals surface area (Å²) in [5.41, 5.74) is -0.182. The molecule has 0 amide bonds. The van der Waals surface area contributed by atoms with E-state index in [2.05, 4.69) is 20.8 Å². The molecule has 0 aliphatic rings. The fourth-order valence-electron chi connectivity index (χ4n) is 0.538. The highest BCUT2D eigenvalue weighted by Gasteiger charge is 2.22. The largest absolute Gasteiger partial charge is 0.396 e. The molecular weight excluding hydrogens is 152 g/mol. The summed E-state index contributed by atoms with van der Waals surface area (Å²) in [5, 5.41) is 8.98. The third-order valence-corrected chi connectivity index (χ3v) is 2.13. The second-order valence-corrected chi connectivity index (χ2v) is 4.72. The number of rotatable bonds is 5. The van der Waals surface area contributed by atoms with Crippen LogP contribution in [0, 0.1) is 5.41 Å². The molecule has 74 valence electrons. The van der Waals surface area contributed by atoms with Crippen LogP contribution in [-0.2, 0) is 4.74 Å². The molecule has 0 aliphatic heterocycles. The lowest BCUT2D eigenvalue weighted by Crippen LogP contribution is -2.32. The lowest BCUT2D eigenvalue weighted by atomic mass is 9.95. The van der Waals surface area contributed by atoms with Crippen LogP contribution in [0.25, 0.3) is 0 Å². The standard InChI is InChI=1S/C10H22O2/c1-6-10(4,5)12-8-9(2,3)7-11/h11H,6-8H2,1-5H3. The first-order valence-corrected chi connectivity index (χ1v) is 4.58. The Morgan fingerprint density at radius 1 is 1.17 bits per heavy atom. The predicted molar refractivity (Wildman–Crippen MR) is 51.2 cm³/mol. The molecule has 0 spiro atoms. The van der Waals surface area contributed by atoms with Crippen LogP contribution in [0.1, 0.15) is 41.0 Å². The molecule has 0 aromatic carbocycles. The number of ether oxygens (including phenoxy) is 1. The number of aliphatic hydroxyl groups is 1. The minimum absolute atomic E-state index is 0.0631. The molecular formula is C10H22O2. The van der Waals surface area contributed by atoms with Gasteiger partial charge in [-0.3, -0.25) is 0 Å². The maximum absolute atomic E-state index is 8.98. The van der Waals surface area contributed by atoms with Gasteiger partial charge in [0, 0.05) is 5.41 Å². The SMILES string of the molecule is CCC(C)(C)OCC(C)(C)CO. The lowest BCUT2D eigenvalue weighted by molar-refractivity contribution is -0.0679. The van der Waals surface area contributed by atoms with Gasteiger partial charge >= 0.3 is 0 Å². The van der Waals surface area contributed by atoms with Gasteiger partial charge in [0.25, 0.3) is 0 Å². The van der Waals surface area contributed by atoms with Gasteiger partial charge in [-0.1, -0.05) is 20.8 Å². The van der Waals surface area contributed by atoms with Crippen LogP contribution < -0.4 is 0 Å². The van der Waals surface area contributed by atoms with Crippen LogP contribution in [0.4, 0.5) is 0 Å². The Kier molecular flexibility index (Phi) is 4.21. The molecule has 0 saturated carbocycles. The molecule has 0 radical (unpaired) electrons. The quantitative estimate of drug-likeness (QED) is 0.692. The Hall–Kier alpha value is -0.0800. The predicted octanol–water partition coefficient (Wildman–Crippen LogP) is 2.21. The second-order valence-electron chi connectivity index (χ2n) is 4.72. The Morgan fingerprint density at radius 2 is 1.67 bits per heavy atom. The van der Waals surface area contributed by atoms with Crippen molar-refractivity contribution < 1.29 is 9.84 Å². The van der Waals surface area contributed by atoms with Crippen molar-refractivity contribution >= 4 is 0 Å². The zero-order valence-corrected chi connectivity index (χ0v) is 8.98. The van der Waals surface area contributed by atoms with Gasteiger partial charge in [0.05, 0.1) is 18.8 Å². The number of aliphatic hydroxyl groups excluding tert-OH is 1. The first kappa shape index (κ1) is 11.9. The van der Waals surface area contributed by atoms with E-state index in [-0.39, 0.29) is 17.6 Å². The highest BCUT2D eigenvalue weighted by atomic mass is 16.5. The first-order chi connectivity index (χ1) is 5.33. The van der Waals surface area contributed by atoms with Crippen LogP contribution in [0.15, 0.2) is 0 Å². The summed E-state index contributed by atoms with van der Waals surface area (Å²) in [4.78, 5) is 0. The van der Waals surface area contributed by atoms with Crippen molar-refractivity contribution in [2.75, 3.05) is 13.2 Å². The van der Waals surface area contributed by atoms with E-state index in [4.69, 9.17) is 9.84 Å². The van der Waals surface area contributed by atoms with E-state index in [1.165, 1.54) is 0 Å². The van der Waals surface area contributed by atoms with E-state index in [9.17, 15) is 0 Å². The van der Waals surface area contributed by atoms with Crippen molar-refractivity contribution in [3.05, 3.63) is 0 Å². The molecule has 0 rings (SSSR count). The molecule has 12 heavy (non-hydrogen) atoms. The fraction of sp³-hybridized carbons (Fsp3) is 1.00. The van der Waals surface area contributed by atoms with Crippen molar-refractivity contribution in [3.8, 4) is 0 Å². The van der Waals surface area contributed by atoms with Crippen LogP contribution in [0.5, 0.6) is 0 Å². The summed E-state index contributed by atoms with van der Waals surface area (Å²) < 4.78 is 5.67. The molecule has 0 aromatic heterocycles. The van der Waals surface area contributed by atoms with Crippen molar-refractivity contribution in [2.45, 2.75) is 46.6 Å². The van der Waals surface area contributed by atoms with Gasteiger partial charge in [0.15, 0.2) is 0 Å². The van der Waals surface area contributed by atoms with E-state index < -0.39 is 0 Å². The topological polar surface area (TPSA) is 29.5 Å². The molecule has 0 fully saturated rings. The molecule has 2 heteroatoms. The molecule has 0 unspecified atom stereocenters. The summed E-state index contributed by atoms with van der Waals surface area (Å²) in [7, 11) is 0. The molecule has 1 N–H and O–H groups in total. The average molecular weight is 174 g/mol. The smallest absolute Gasteiger partial charge is 0.0624 e. The van der Waals surface area contributed by atoms with E-state index >= 15 is 0 Å². The van der Waals surface area contributed by atoms with Crippen LogP contribution in [-0.4, -0.2) is 23.9 Å². The van der Waals surface area contributed by atoms with Gasteiger partial charge in [0.2, 0.25) is 0 Å². The third-order valence-electron chi connectivity index (χ3n) is 2.13. The molecule has 2 nitrogen and oxygen atoms in total. The van der Waals surface area contributed by atoms with Crippen LogP contribution in [0.2, 0.25) is 0 Å². The summed E-state index contributed by atoms with van der Waals surface area (Å²) in [6, 6.07) is 0. The minimum Gasteiger partial charge on any atom is -0.396 e. The lowest BCUT2D eigenvalue weighted by Gasteiger charge is -2.29. The second kappa shape index (κ2) is 4.24. The Balaban J connectivity index is 3.82. The highest BCUT2D eigenvalue weighted by molar-refractivity contribution is 4.71. The summed E-state index contributed by atoms with van der Waals surface area (Å²) in [6.07, 6.45) is 0.995. The first-order valence-electron chi connectivity index (χ1n) is 4.58. The van der Waals surface area contributed by atoms with Crippen molar-refractivity contribution in [3.63, 3.8) is 0 Å². The van der Waals surface area contributed by atoms with Crippen LogP contribution in [0.3, 0.4) is 0 Å². The summed E-state index contributed by atoms with van der Waals surface area (Å²) >= 11 is 0. The number of hydrogen-bond donors (Lipinski definition) is 1. The molecule has 0 aromatic rings. The van der Waals surface area contributed by atoms with Gasteiger partial charge in [-0.2, -0.15) is 0 Å². The summed E-state index contributed by atoms with van der Waals surface area (Å²) in [5.74, 6) is 0. The van der Waals surface area contributed by atoms with Crippen molar-refractivity contribution in [2.24, 2.45) is 5.41 Å². The average Bonchev–Trinajstić information content (AvgIpc) is 2.02. The Morgan fingerprint density at radius 3 is 2.00 bits per heavy atom. The molecule has 0 atom stereocenters. The van der Waals surface area contributed by atoms with Crippen molar-refractivity contribution in [1.82, 2.24) is 0 Å². The van der Waals surface area contributed by atoms with Gasteiger partial charge in [-0.25, -0.2) is 0 Å². The maximum Gasteiger partial charge on any atom is 0.0624 e. The molecule has 0 bridgehead atoms. The van der Waals surface area contributed by atoms with Crippen LogP contribution >= 0.6 is 0 Å². The normalized spacial score (nSPS) is 13.5. The highest BCUT2D eigenvalue weighted by Crippen LogP contribution is 2.20.